The molecule has 1 heterocycles. The Morgan fingerprint density at radius 2 is 2.00 bits per heavy atom. The van der Waals surface area contributed by atoms with Crippen molar-refractivity contribution in [3.8, 4) is 11.5 Å². The lowest BCUT2D eigenvalue weighted by atomic mass is 10.1. The minimum absolute atomic E-state index is 0.230. The summed E-state index contributed by atoms with van der Waals surface area (Å²) < 4.78 is 13.9. The molecular formula is C11H14BrFN2O2. The third kappa shape index (κ3) is 2.70. The Labute approximate surface area is 107 Å². The minimum Gasteiger partial charge on any atom is -0.504 e. The highest BCUT2D eigenvalue weighted by Gasteiger charge is 2.19. The summed E-state index contributed by atoms with van der Waals surface area (Å²) >= 11 is 3.12. The van der Waals surface area contributed by atoms with Crippen LogP contribution < -0.4 is 5.32 Å². The molecule has 0 bridgehead atoms. The van der Waals surface area contributed by atoms with E-state index in [4.69, 9.17) is 0 Å². The van der Waals surface area contributed by atoms with Crippen LogP contribution in [0.4, 0.5) is 4.39 Å². The normalized spacial score (nSPS) is 17.3. The van der Waals surface area contributed by atoms with Crippen molar-refractivity contribution in [2.75, 3.05) is 26.2 Å². The summed E-state index contributed by atoms with van der Waals surface area (Å²) in [6, 6.07) is 0.942. The first-order valence-corrected chi connectivity index (χ1v) is 6.20. The van der Waals surface area contributed by atoms with Gasteiger partial charge in [0, 0.05) is 44.4 Å². The van der Waals surface area contributed by atoms with Gasteiger partial charge in [-0.25, -0.2) is 4.39 Å². The van der Waals surface area contributed by atoms with Crippen molar-refractivity contribution in [3.63, 3.8) is 0 Å². The van der Waals surface area contributed by atoms with Crippen molar-refractivity contribution in [2.24, 2.45) is 0 Å². The van der Waals surface area contributed by atoms with E-state index < -0.39 is 11.6 Å². The number of piperazine rings is 1. The number of benzene rings is 1. The molecule has 94 valence electrons. The van der Waals surface area contributed by atoms with Gasteiger partial charge < -0.3 is 15.5 Å². The quantitative estimate of drug-likeness (QED) is 0.723. The van der Waals surface area contributed by atoms with Gasteiger partial charge in [-0.3, -0.25) is 4.90 Å². The summed E-state index contributed by atoms with van der Waals surface area (Å²) in [4.78, 5) is 2.09. The molecule has 4 nitrogen and oxygen atoms in total. The molecule has 1 aliphatic heterocycles. The molecule has 0 aliphatic carbocycles. The fourth-order valence-corrected chi connectivity index (χ4v) is 2.39. The van der Waals surface area contributed by atoms with E-state index in [-0.39, 0.29) is 10.2 Å². The number of hydrogen-bond donors (Lipinski definition) is 3. The number of aromatic hydroxyl groups is 2. The lowest BCUT2D eigenvalue weighted by Crippen LogP contribution is -2.43. The first-order chi connectivity index (χ1) is 8.09. The van der Waals surface area contributed by atoms with Crippen LogP contribution in [0.1, 0.15) is 5.56 Å². The van der Waals surface area contributed by atoms with Crippen LogP contribution in [-0.4, -0.2) is 41.3 Å². The van der Waals surface area contributed by atoms with Crippen molar-refractivity contribution in [1.82, 2.24) is 10.2 Å². The Morgan fingerprint density at radius 3 is 2.65 bits per heavy atom. The Balaban J connectivity index is 2.22. The predicted molar refractivity (Wildman–Crippen MR) is 65.6 cm³/mol. The minimum atomic E-state index is -0.509. The molecule has 0 amide bonds. The van der Waals surface area contributed by atoms with E-state index in [0.717, 1.165) is 32.2 Å². The van der Waals surface area contributed by atoms with E-state index in [1.165, 1.54) is 0 Å². The molecule has 2 rings (SSSR count). The summed E-state index contributed by atoms with van der Waals surface area (Å²) in [6.45, 7) is 3.86. The van der Waals surface area contributed by atoms with Gasteiger partial charge in [0.25, 0.3) is 0 Å². The molecule has 0 aromatic heterocycles. The highest BCUT2D eigenvalue weighted by molar-refractivity contribution is 9.10. The second-order valence-electron chi connectivity index (χ2n) is 4.04. The molecule has 1 aromatic carbocycles. The molecule has 0 unspecified atom stereocenters. The zero-order valence-electron chi connectivity index (χ0n) is 9.21. The van der Waals surface area contributed by atoms with Crippen molar-refractivity contribution in [2.45, 2.75) is 6.54 Å². The first kappa shape index (κ1) is 12.6. The summed E-state index contributed by atoms with van der Waals surface area (Å²) in [5, 5.41) is 22.0. The zero-order valence-corrected chi connectivity index (χ0v) is 10.8. The molecule has 0 radical (unpaired) electrons. The molecule has 0 saturated carbocycles. The number of nitrogens with one attached hydrogen (secondary N) is 1. The van der Waals surface area contributed by atoms with Crippen LogP contribution in [0.25, 0.3) is 0 Å². The van der Waals surface area contributed by atoms with Gasteiger partial charge in [0.1, 0.15) is 5.82 Å². The molecule has 1 aliphatic rings. The summed E-state index contributed by atoms with van der Waals surface area (Å²) in [7, 11) is 0. The molecule has 3 N–H and O–H groups in total. The van der Waals surface area contributed by atoms with Gasteiger partial charge in [-0.15, -0.1) is 0 Å². The van der Waals surface area contributed by atoms with Crippen molar-refractivity contribution >= 4 is 15.9 Å². The Bertz CT molecular complexity index is 422. The lowest BCUT2D eigenvalue weighted by Gasteiger charge is -2.27. The van der Waals surface area contributed by atoms with E-state index >= 15 is 0 Å². The van der Waals surface area contributed by atoms with E-state index in [1.54, 1.807) is 0 Å². The maximum absolute atomic E-state index is 13.7. The third-order valence-electron chi connectivity index (χ3n) is 2.86. The maximum atomic E-state index is 13.7. The average Bonchev–Trinajstić information content (AvgIpc) is 2.33. The van der Waals surface area contributed by atoms with E-state index in [0.29, 0.717) is 12.1 Å². The number of nitrogens with zero attached hydrogens (tertiary/aromatic N) is 1. The van der Waals surface area contributed by atoms with Crippen molar-refractivity contribution < 1.29 is 14.6 Å². The molecule has 1 aromatic rings. The fraction of sp³-hybridized carbons (Fsp3) is 0.455. The SMILES string of the molecule is Oc1cc(F)c(CN2CCNCC2)c(Br)c1O. The van der Waals surface area contributed by atoms with Crippen molar-refractivity contribution in [1.29, 1.82) is 0 Å². The topological polar surface area (TPSA) is 55.7 Å². The van der Waals surface area contributed by atoms with Crippen molar-refractivity contribution in [3.05, 3.63) is 21.9 Å². The largest absolute Gasteiger partial charge is 0.504 e. The Morgan fingerprint density at radius 1 is 1.35 bits per heavy atom. The van der Waals surface area contributed by atoms with Gasteiger partial charge in [0.15, 0.2) is 11.5 Å². The number of phenols is 2. The highest BCUT2D eigenvalue weighted by Crippen LogP contribution is 2.38. The van der Waals surface area contributed by atoms with Crippen LogP contribution in [0.5, 0.6) is 11.5 Å². The van der Waals surface area contributed by atoms with Gasteiger partial charge >= 0.3 is 0 Å². The summed E-state index contributed by atoms with van der Waals surface area (Å²) in [6.07, 6.45) is 0. The molecule has 17 heavy (non-hydrogen) atoms. The molecule has 0 atom stereocenters. The van der Waals surface area contributed by atoms with Gasteiger partial charge in [0.2, 0.25) is 0 Å². The van der Waals surface area contributed by atoms with Gasteiger partial charge in [-0.2, -0.15) is 0 Å². The van der Waals surface area contributed by atoms with E-state index in [2.05, 4.69) is 26.1 Å². The molecular weight excluding hydrogens is 291 g/mol. The third-order valence-corrected chi connectivity index (χ3v) is 3.71. The standard InChI is InChI=1S/C11H14BrFN2O2/c12-10-7(6-15-3-1-14-2-4-15)8(13)5-9(16)11(10)17/h5,14,16-17H,1-4,6H2. The van der Waals surface area contributed by atoms with Crippen LogP contribution >= 0.6 is 15.9 Å². The highest BCUT2D eigenvalue weighted by atomic mass is 79.9. The monoisotopic (exact) mass is 304 g/mol. The van der Waals surface area contributed by atoms with E-state index in [9.17, 15) is 14.6 Å². The molecule has 1 saturated heterocycles. The average molecular weight is 305 g/mol. The van der Waals surface area contributed by atoms with Crippen LogP contribution in [0.2, 0.25) is 0 Å². The zero-order chi connectivity index (χ0) is 12.4. The summed E-state index contributed by atoms with van der Waals surface area (Å²) in [5.41, 5.74) is 0.377. The maximum Gasteiger partial charge on any atom is 0.172 e. The smallest absolute Gasteiger partial charge is 0.172 e. The van der Waals surface area contributed by atoms with Crippen LogP contribution in [-0.2, 0) is 6.54 Å². The molecule has 1 fully saturated rings. The summed E-state index contributed by atoms with van der Waals surface area (Å²) in [5.74, 6) is -1.26. The van der Waals surface area contributed by atoms with Gasteiger partial charge in [-0.1, -0.05) is 0 Å². The molecule has 0 spiro atoms. The van der Waals surface area contributed by atoms with Crippen LogP contribution in [0.3, 0.4) is 0 Å². The van der Waals surface area contributed by atoms with Gasteiger partial charge in [0.05, 0.1) is 4.47 Å². The number of rotatable bonds is 2. The number of halogens is 2. The Hall–Kier alpha value is -0.850. The first-order valence-electron chi connectivity index (χ1n) is 5.41. The van der Waals surface area contributed by atoms with E-state index in [1.807, 2.05) is 0 Å². The van der Waals surface area contributed by atoms with Gasteiger partial charge in [-0.05, 0) is 15.9 Å². The number of hydrogen-bond acceptors (Lipinski definition) is 4. The second-order valence-corrected chi connectivity index (χ2v) is 4.84. The predicted octanol–water partition coefficient (Wildman–Crippen LogP) is 1.40. The Kier molecular flexibility index (Phi) is 3.86. The number of phenolic OH excluding ortho intramolecular Hbond substituents is 2. The van der Waals surface area contributed by atoms with Crippen LogP contribution in [0.15, 0.2) is 10.5 Å². The second kappa shape index (κ2) is 5.20. The molecule has 6 heteroatoms. The van der Waals surface area contributed by atoms with Crippen LogP contribution in [0, 0.1) is 5.82 Å². The lowest BCUT2D eigenvalue weighted by molar-refractivity contribution is 0.229. The fourth-order valence-electron chi connectivity index (χ4n) is 1.87.